The Hall–Kier alpha value is -2.19. The standard InChI is InChI=1S/C15H20F3N3O3/c1-4-5-9(8-22)19-12(23)13(24)21-11-7-14(2,3)6-10(20-11)15(16,17)18/h6,8-9H,4-5,7H2,1-3H3,(H,19,23)(H,20,21,24). The van der Waals surface area contributed by atoms with E-state index in [0.29, 0.717) is 19.1 Å². The largest absolute Gasteiger partial charge is 0.433 e. The van der Waals surface area contributed by atoms with Crippen molar-refractivity contribution in [3.63, 3.8) is 0 Å². The van der Waals surface area contributed by atoms with E-state index in [1.54, 1.807) is 20.8 Å². The number of rotatable bonds is 4. The van der Waals surface area contributed by atoms with E-state index in [1.807, 2.05) is 0 Å². The van der Waals surface area contributed by atoms with E-state index in [-0.39, 0.29) is 12.3 Å². The number of aldehydes is 1. The molecule has 0 radical (unpaired) electrons. The van der Waals surface area contributed by atoms with E-state index >= 15 is 0 Å². The zero-order valence-corrected chi connectivity index (χ0v) is 13.7. The fourth-order valence-corrected chi connectivity index (χ4v) is 2.19. The molecule has 2 N–H and O–H groups in total. The molecule has 1 rings (SSSR count). The second kappa shape index (κ2) is 7.59. The van der Waals surface area contributed by atoms with E-state index in [1.165, 1.54) is 0 Å². The summed E-state index contributed by atoms with van der Waals surface area (Å²) in [5, 5.41) is 4.30. The van der Waals surface area contributed by atoms with Gasteiger partial charge in [-0.15, -0.1) is 0 Å². The van der Waals surface area contributed by atoms with Gasteiger partial charge in [0.25, 0.3) is 0 Å². The second-order valence-corrected chi connectivity index (χ2v) is 6.21. The van der Waals surface area contributed by atoms with E-state index in [0.717, 1.165) is 6.08 Å². The zero-order chi connectivity index (χ0) is 18.5. The molecule has 0 saturated carbocycles. The summed E-state index contributed by atoms with van der Waals surface area (Å²) in [4.78, 5) is 37.7. The zero-order valence-electron chi connectivity index (χ0n) is 13.7. The number of carbonyl (C=O) groups is 3. The molecule has 1 unspecified atom stereocenters. The lowest BCUT2D eigenvalue weighted by molar-refractivity contribution is -0.139. The Labute approximate surface area is 137 Å². The number of nitrogens with zero attached hydrogens (tertiary/aromatic N) is 1. The highest BCUT2D eigenvalue weighted by Crippen LogP contribution is 2.36. The maximum Gasteiger partial charge on any atom is 0.433 e. The fourth-order valence-electron chi connectivity index (χ4n) is 2.19. The Kier molecular flexibility index (Phi) is 6.28. The van der Waals surface area contributed by atoms with Crippen molar-refractivity contribution in [1.82, 2.24) is 10.6 Å². The van der Waals surface area contributed by atoms with Crippen molar-refractivity contribution in [2.24, 2.45) is 10.4 Å². The average Bonchev–Trinajstić information content (AvgIpc) is 2.43. The van der Waals surface area contributed by atoms with Gasteiger partial charge in [-0.25, -0.2) is 4.99 Å². The number of allylic oxidation sites excluding steroid dienone is 2. The van der Waals surface area contributed by atoms with Crippen LogP contribution < -0.4 is 10.6 Å². The molecule has 0 aromatic heterocycles. The number of halogens is 3. The summed E-state index contributed by atoms with van der Waals surface area (Å²) in [5.74, 6) is -2.49. The molecule has 0 aromatic rings. The highest BCUT2D eigenvalue weighted by Gasteiger charge is 2.39. The number of hydrogen-bond acceptors (Lipinski definition) is 4. The normalized spacial score (nSPS) is 18.1. The van der Waals surface area contributed by atoms with Crippen LogP contribution in [0.4, 0.5) is 13.2 Å². The maximum absolute atomic E-state index is 12.9. The number of aliphatic imine (C=N–C) groups is 1. The van der Waals surface area contributed by atoms with Gasteiger partial charge in [-0.1, -0.05) is 27.2 Å². The van der Waals surface area contributed by atoms with E-state index < -0.39 is 35.1 Å². The van der Waals surface area contributed by atoms with Gasteiger partial charge in [-0.3, -0.25) is 9.59 Å². The molecule has 2 amide bonds. The molecule has 0 aromatic carbocycles. The first-order chi connectivity index (χ1) is 11.0. The van der Waals surface area contributed by atoms with Crippen LogP contribution in [0.5, 0.6) is 0 Å². The van der Waals surface area contributed by atoms with Gasteiger partial charge < -0.3 is 15.4 Å². The Balaban J connectivity index is 2.82. The Morgan fingerprint density at radius 2 is 2.00 bits per heavy atom. The molecule has 0 aliphatic carbocycles. The third kappa shape index (κ3) is 5.78. The van der Waals surface area contributed by atoms with Crippen LogP contribution in [0.15, 0.2) is 16.8 Å². The maximum atomic E-state index is 12.9. The van der Waals surface area contributed by atoms with Gasteiger partial charge in [-0.05, 0) is 17.9 Å². The highest BCUT2D eigenvalue weighted by molar-refractivity contribution is 6.38. The quantitative estimate of drug-likeness (QED) is 0.601. The van der Waals surface area contributed by atoms with Crippen LogP contribution in [0.25, 0.3) is 0 Å². The van der Waals surface area contributed by atoms with Crippen LogP contribution in [-0.2, 0) is 14.4 Å². The monoisotopic (exact) mass is 347 g/mol. The van der Waals surface area contributed by atoms with Crippen molar-refractivity contribution in [3.8, 4) is 0 Å². The number of amidine groups is 1. The van der Waals surface area contributed by atoms with Gasteiger partial charge in [0.2, 0.25) is 0 Å². The lowest BCUT2D eigenvalue weighted by atomic mass is 9.86. The first-order valence-corrected chi connectivity index (χ1v) is 7.43. The molecule has 1 heterocycles. The average molecular weight is 347 g/mol. The Morgan fingerprint density at radius 3 is 2.50 bits per heavy atom. The third-order valence-electron chi connectivity index (χ3n) is 3.24. The van der Waals surface area contributed by atoms with Crippen LogP contribution >= 0.6 is 0 Å². The predicted octanol–water partition coefficient (Wildman–Crippen LogP) is 1.86. The van der Waals surface area contributed by atoms with Crippen LogP contribution in [0.2, 0.25) is 0 Å². The molecule has 24 heavy (non-hydrogen) atoms. The molecule has 1 aliphatic rings. The van der Waals surface area contributed by atoms with Crippen LogP contribution in [0.3, 0.4) is 0 Å². The molecule has 1 aliphatic heterocycles. The number of alkyl halides is 3. The van der Waals surface area contributed by atoms with Crippen molar-refractivity contribution >= 4 is 23.9 Å². The van der Waals surface area contributed by atoms with E-state index in [2.05, 4.69) is 15.6 Å². The first kappa shape index (κ1) is 19.9. The summed E-state index contributed by atoms with van der Waals surface area (Å²) in [5.41, 5.74) is -2.00. The van der Waals surface area contributed by atoms with Gasteiger partial charge in [0.15, 0.2) is 0 Å². The number of carbonyl (C=O) groups excluding carboxylic acids is 3. The summed E-state index contributed by atoms with van der Waals surface area (Å²) in [6.45, 7) is 4.92. The van der Waals surface area contributed by atoms with Crippen molar-refractivity contribution in [1.29, 1.82) is 0 Å². The Bertz CT molecular complexity index is 580. The molecule has 9 heteroatoms. The van der Waals surface area contributed by atoms with Crippen LogP contribution in [-0.4, -0.2) is 36.2 Å². The van der Waals surface area contributed by atoms with Crippen molar-refractivity contribution in [3.05, 3.63) is 11.8 Å². The van der Waals surface area contributed by atoms with Crippen molar-refractivity contribution < 1.29 is 27.6 Å². The van der Waals surface area contributed by atoms with Gasteiger partial charge in [0, 0.05) is 6.42 Å². The minimum Gasteiger partial charge on any atom is -0.338 e. The Morgan fingerprint density at radius 1 is 1.38 bits per heavy atom. The van der Waals surface area contributed by atoms with Gasteiger partial charge >= 0.3 is 18.0 Å². The van der Waals surface area contributed by atoms with Crippen molar-refractivity contribution in [2.75, 3.05) is 0 Å². The molecule has 0 fully saturated rings. The smallest absolute Gasteiger partial charge is 0.338 e. The van der Waals surface area contributed by atoms with Crippen molar-refractivity contribution in [2.45, 2.75) is 52.3 Å². The summed E-state index contributed by atoms with van der Waals surface area (Å²) >= 11 is 0. The lowest BCUT2D eigenvalue weighted by Crippen LogP contribution is -2.48. The van der Waals surface area contributed by atoms with Gasteiger partial charge in [0.05, 0.1) is 6.04 Å². The molecule has 0 bridgehead atoms. The summed E-state index contributed by atoms with van der Waals surface area (Å²) in [6.07, 6.45) is -2.16. The van der Waals surface area contributed by atoms with E-state index in [4.69, 9.17) is 0 Å². The predicted molar refractivity (Wildman–Crippen MR) is 81.0 cm³/mol. The molecular weight excluding hydrogens is 327 g/mol. The molecule has 134 valence electrons. The van der Waals surface area contributed by atoms with Crippen LogP contribution in [0, 0.1) is 5.41 Å². The highest BCUT2D eigenvalue weighted by atomic mass is 19.4. The second-order valence-electron chi connectivity index (χ2n) is 6.21. The number of amides is 2. The molecule has 0 spiro atoms. The van der Waals surface area contributed by atoms with Crippen LogP contribution in [0.1, 0.15) is 40.0 Å². The van der Waals surface area contributed by atoms with Gasteiger partial charge in [0.1, 0.15) is 17.8 Å². The molecule has 1 atom stereocenters. The van der Waals surface area contributed by atoms with Gasteiger partial charge in [-0.2, -0.15) is 13.2 Å². The minimum atomic E-state index is -4.65. The molecule has 6 nitrogen and oxygen atoms in total. The minimum absolute atomic E-state index is 0.0394. The summed E-state index contributed by atoms with van der Waals surface area (Å²) in [6, 6.07) is -0.816. The summed E-state index contributed by atoms with van der Waals surface area (Å²) < 4.78 is 38.6. The fraction of sp³-hybridized carbons (Fsp3) is 0.600. The SMILES string of the molecule is CCCC(C=O)NC(=O)C(=O)NC1=NC(C(F)(F)F)=CC(C)(C)C1. The number of nitrogens with one attached hydrogen (secondary N) is 2. The summed E-state index contributed by atoms with van der Waals surface area (Å²) in [7, 11) is 0. The third-order valence-corrected chi connectivity index (χ3v) is 3.24. The molecular formula is C15H20F3N3O3. The molecule has 0 saturated heterocycles. The topological polar surface area (TPSA) is 87.6 Å². The number of hydrogen-bond donors (Lipinski definition) is 2. The lowest BCUT2D eigenvalue weighted by Gasteiger charge is -2.27. The first-order valence-electron chi connectivity index (χ1n) is 7.43. The van der Waals surface area contributed by atoms with E-state index in [9.17, 15) is 27.6 Å².